The third-order valence-electron chi connectivity index (χ3n) is 3.45. The Kier molecular flexibility index (Phi) is 6.08. The Hall–Kier alpha value is -0.130. The Labute approximate surface area is 112 Å². The molecular weight excluding hydrogens is 248 g/mol. The average Bonchev–Trinajstić information content (AvgIpc) is 2.12. The van der Waals surface area contributed by atoms with Gasteiger partial charge in [-0.25, -0.2) is 13.1 Å². The van der Waals surface area contributed by atoms with Crippen molar-refractivity contribution in [2.24, 2.45) is 11.8 Å². The topological polar surface area (TPSA) is 58.2 Å². The predicted octanol–water partition coefficient (Wildman–Crippen LogP) is 1.73. The normalized spacial score (nSPS) is 29.7. The molecule has 0 bridgehead atoms. The molecule has 0 amide bonds. The van der Waals surface area contributed by atoms with E-state index in [0.717, 1.165) is 12.8 Å². The van der Waals surface area contributed by atoms with Gasteiger partial charge in [0.2, 0.25) is 10.0 Å². The summed E-state index contributed by atoms with van der Waals surface area (Å²) in [5.74, 6) is 1.41. The molecule has 2 unspecified atom stereocenters. The molecule has 0 saturated heterocycles. The Bertz CT molecular complexity index is 331. The molecule has 5 heteroatoms. The second-order valence-electron chi connectivity index (χ2n) is 6.16. The SMILES string of the molecule is CC1CC(C)CC(NS(=O)(=O)CCNC(C)C)C1. The predicted molar refractivity (Wildman–Crippen MR) is 76.0 cm³/mol. The first-order chi connectivity index (χ1) is 8.28. The third-order valence-corrected chi connectivity index (χ3v) is 4.88. The van der Waals surface area contributed by atoms with Crippen molar-refractivity contribution in [3.8, 4) is 0 Å². The van der Waals surface area contributed by atoms with Crippen LogP contribution in [0.5, 0.6) is 0 Å². The quantitative estimate of drug-likeness (QED) is 0.777. The van der Waals surface area contributed by atoms with E-state index in [1.807, 2.05) is 13.8 Å². The van der Waals surface area contributed by atoms with Gasteiger partial charge in [-0.15, -0.1) is 0 Å². The van der Waals surface area contributed by atoms with Crippen molar-refractivity contribution in [1.82, 2.24) is 10.0 Å². The van der Waals surface area contributed by atoms with Crippen molar-refractivity contribution < 1.29 is 8.42 Å². The van der Waals surface area contributed by atoms with Crippen LogP contribution in [-0.2, 0) is 10.0 Å². The van der Waals surface area contributed by atoms with Crippen LogP contribution in [0, 0.1) is 11.8 Å². The number of hydrogen-bond donors (Lipinski definition) is 2. The standard InChI is InChI=1S/C13H28N2O2S/c1-10(2)14-5-6-18(16,17)15-13-8-11(3)7-12(4)9-13/h10-15H,5-9H2,1-4H3. The monoisotopic (exact) mass is 276 g/mol. The highest BCUT2D eigenvalue weighted by molar-refractivity contribution is 7.89. The fourth-order valence-electron chi connectivity index (χ4n) is 2.84. The minimum absolute atomic E-state index is 0.132. The molecule has 0 heterocycles. The van der Waals surface area contributed by atoms with E-state index in [0.29, 0.717) is 24.4 Å². The maximum atomic E-state index is 11.9. The summed E-state index contributed by atoms with van der Waals surface area (Å²) in [5.41, 5.74) is 0. The van der Waals surface area contributed by atoms with Crippen molar-refractivity contribution in [2.75, 3.05) is 12.3 Å². The zero-order valence-corrected chi connectivity index (χ0v) is 12.9. The molecule has 1 aliphatic rings. The zero-order valence-electron chi connectivity index (χ0n) is 12.1. The van der Waals surface area contributed by atoms with E-state index in [1.54, 1.807) is 0 Å². The van der Waals surface area contributed by atoms with E-state index in [-0.39, 0.29) is 11.8 Å². The Balaban J connectivity index is 2.39. The first-order valence-electron chi connectivity index (χ1n) is 7.02. The van der Waals surface area contributed by atoms with Crippen molar-refractivity contribution in [3.05, 3.63) is 0 Å². The van der Waals surface area contributed by atoms with E-state index in [1.165, 1.54) is 6.42 Å². The highest BCUT2D eigenvalue weighted by Crippen LogP contribution is 2.28. The molecule has 1 aliphatic carbocycles. The Morgan fingerprint density at radius 1 is 1.11 bits per heavy atom. The van der Waals surface area contributed by atoms with Crippen LogP contribution in [0.25, 0.3) is 0 Å². The summed E-state index contributed by atoms with van der Waals surface area (Å²) in [6.07, 6.45) is 3.16. The molecule has 2 N–H and O–H groups in total. The minimum Gasteiger partial charge on any atom is -0.313 e. The van der Waals surface area contributed by atoms with Crippen LogP contribution in [0.2, 0.25) is 0 Å². The lowest BCUT2D eigenvalue weighted by Crippen LogP contribution is -2.43. The number of rotatable bonds is 6. The van der Waals surface area contributed by atoms with E-state index in [2.05, 4.69) is 23.9 Å². The summed E-state index contributed by atoms with van der Waals surface area (Å²) < 4.78 is 26.7. The smallest absolute Gasteiger partial charge is 0.213 e. The van der Waals surface area contributed by atoms with E-state index >= 15 is 0 Å². The minimum atomic E-state index is -3.14. The lowest BCUT2D eigenvalue weighted by Gasteiger charge is -2.31. The van der Waals surface area contributed by atoms with Crippen LogP contribution >= 0.6 is 0 Å². The highest BCUT2D eigenvalue weighted by atomic mass is 32.2. The summed E-state index contributed by atoms with van der Waals surface area (Å²) in [6, 6.07) is 0.461. The molecule has 0 aromatic carbocycles. The molecule has 18 heavy (non-hydrogen) atoms. The molecule has 1 saturated carbocycles. The largest absolute Gasteiger partial charge is 0.313 e. The second kappa shape index (κ2) is 6.87. The summed E-state index contributed by atoms with van der Waals surface area (Å²) in [4.78, 5) is 0. The second-order valence-corrected chi connectivity index (χ2v) is 8.03. The molecule has 1 rings (SSSR count). The van der Waals surface area contributed by atoms with Gasteiger partial charge in [0, 0.05) is 18.6 Å². The highest BCUT2D eigenvalue weighted by Gasteiger charge is 2.26. The summed E-state index contributed by atoms with van der Waals surface area (Å²) >= 11 is 0. The van der Waals surface area contributed by atoms with Gasteiger partial charge in [0.05, 0.1) is 5.75 Å². The molecule has 0 aromatic rings. The molecule has 0 aliphatic heterocycles. The van der Waals surface area contributed by atoms with E-state index < -0.39 is 10.0 Å². The first-order valence-corrected chi connectivity index (χ1v) is 8.67. The molecule has 1 fully saturated rings. The molecule has 0 radical (unpaired) electrons. The van der Waals surface area contributed by atoms with Gasteiger partial charge in [0.25, 0.3) is 0 Å². The maximum Gasteiger partial charge on any atom is 0.213 e. The molecule has 4 nitrogen and oxygen atoms in total. The van der Waals surface area contributed by atoms with Crippen molar-refractivity contribution in [2.45, 2.75) is 59.0 Å². The first kappa shape index (κ1) is 15.9. The number of nitrogens with one attached hydrogen (secondary N) is 2. The van der Waals surface area contributed by atoms with Crippen molar-refractivity contribution >= 4 is 10.0 Å². The summed E-state index contributed by atoms with van der Waals surface area (Å²) in [5, 5.41) is 3.14. The number of hydrogen-bond acceptors (Lipinski definition) is 3. The van der Waals surface area contributed by atoms with Crippen LogP contribution in [0.4, 0.5) is 0 Å². The van der Waals surface area contributed by atoms with Crippen molar-refractivity contribution in [1.29, 1.82) is 0 Å². The lowest BCUT2D eigenvalue weighted by atomic mass is 9.81. The van der Waals surface area contributed by atoms with Crippen LogP contribution < -0.4 is 10.0 Å². The van der Waals surface area contributed by atoms with E-state index in [4.69, 9.17) is 0 Å². The Morgan fingerprint density at radius 2 is 1.67 bits per heavy atom. The van der Waals surface area contributed by atoms with Gasteiger partial charge < -0.3 is 5.32 Å². The third kappa shape index (κ3) is 6.16. The van der Waals surface area contributed by atoms with E-state index in [9.17, 15) is 8.42 Å². The zero-order chi connectivity index (χ0) is 13.8. The van der Waals surface area contributed by atoms with Gasteiger partial charge >= 0.3 is 0 Å². The fraction of sp³-hybridized carbons (Fsp3) is 1.00. The molecule has 108 valence electrons. The van der Waals surface area contributed by atoms with Crippen LogP contribution in [-0.4, -0.2) is 32.8 Å². The summed E-state index contributed by atoms with van der Waals surface area (Å²) in [7, 11) is -3.14. The van der Waals surface area contributed by atoms with Gasteiger partial charge in [-0.2, -0.15) is 0 Å². The van der Waals surface area contributed by atoms with Gasteiger partial charge in [-0.1, -0.05) is 27.7 Å². The molecular formula is C13H28N2O2S. The maximum absolute atomic E-state index is 11.9. The van der Waals surface area contributed by atoms with Gasteiger partial charge in [0.15, 0.2) is 0 Å². The van der Waals surface area contributed by atoms with Gasteiger partial charge in [0.1, 0.15) is 0 Å². The lowest BCUT2D eigenvalue weighted by molar-refractivity contribution is 0.257. The molecule has 0 spiro atoms. The van der Waals surface area contributed by atoms with Gasteiger partial charge in [-0.3, -0.25) is 0 Å². The van der Waals surface area contributed by atoms with Crippen LogP contribution in [0.1, 0.15) is 47.0 Å². The molecule has 0 aromatic heterocycles. The molecule has 2 atom stereocenters. The fourth-order valence-corrected chi connectivity index (χ4v) is 4.04. The average molecular weight is 276 g/mol. The Morgan fingerprint density at radius 3 is 2.17 bits per heavy atom. The van der Waals surface area contributed by atoms with Crippen LogP contribution in [0.15, 0.2) is 0 Å². The van der Waals surface area contributed by atoms with Crippen molar-refractivity contribution in [3.63, 3.8) is 0 Å². The van der Waals surface area contributed by atoms with Gasteiger partial charge in [-0.05, 0) is 31.1 Å². The number of sulfonamides is 1. The summed E-state index contributed by atoms with van der Waals surface area (Å²) in [6.45, 7) is 8.97. The van der Waals surface area contributed by atoms with Crippen LogP contribution in [0.3, 0.4) is 0 Å².